The van der Waals surface area contributed by atoms with Crippen LogP contribution in [0.25, 0.3) is 0 Å². The van der Waals surface area contributed by atoms with Crippen molar-refractivity contribution in [3.05, 3.63) is 41.3 Å². The van der Waals surface area contributed by atoms with Crippen LogP contribution in [0, 0.1) is 0 Å². The Morgan fingerprint density at radius 2 is 2.07 bits per heavy atom. The maximum Gasteiger partial charge on any atom is 0.303 e. The number of aliphatic carboxylic acids is 1. The van der Waals surface area contributed by atoms with Crippen molar-refractivity contribution in [2.45, 2.75) is 24.7 Å². The van der Waals surface area contributed by atoms with Gasteiger partial charge >= 0.3 is 5.97 Å². The van der Waals surface area contributed by atoms with Crippen LogP contribution in [0.4, 0.5) is 11.4 Å². The summed E-state index contributed by atoms with van der Waals surface area (Å²) in [6.45, 7) is 2.77. The molecular weight excluding hydrogens is 358 g/mol. The van der Waals surface area contributed by atoms with E-state index >= 15 is 0 Å². The highest BCUT2D eigenvalue weighted by Crippen LogP contribution is 2.66. The number of carboxylic acids is 1. The average Bonchev–Trinajstić information content (AvgIpc) is 2.62. The van der Waals surface area contributed by atoms with E-state index in [0.717, 1.165) is 35.1 Å². The van der Waals surface area contributed by atoms with Gasteiger partial charge in [-0.3, -0.25) is 9.79 Å². The van der Waals surface area contributed by atoms with Gasteiger partial charge in [-0.05, 0) is 61.8 Å². The van der Waals surface area contributed by atoms with Crippen molar-refractivity contribution >= 4 is 38.8 Å². The number of fused-ring (bicyclic) bond motifs is 2. The first-order chi connectivity index (χ1) is 12.8. The zero-order chi connectivity index (χ0) is 19.6. The number of carboxylic acid groups (broad SMARTS) is 1. The van der Waals surface area contributed by atoms with E-state index in [1.807, 2.05) is 27.1 Å². The lowest BCUT2D eigenvalue weighted by Gasteiger charge is -2.43. The summed E-state index contributed by atoms with van der Waals surface area (Å²) in [5.41, 5.74) is 4.10. The third-order valence-electron chi connectivity index (χ3n) is 4.90. The van der Waals surface area contributed by atoms with Crippen molar-refractivity contribution in [1.29, 1.82) is 0 Å². The monoisotopic (exact) mass is 385 g/mol. The molecule has 1 aliphatic carbocycles. The molecular formula is C21H27N3O2S. The lowest BCUT2D eigenvalue weighted by molar-refractivity contribution is -0.137. The predicted octanol–water partition coefficient (Wildman–Crippen LogP) is 4.41. The van der Waals surface area contributed by atoms with E-state index in [-0.39, 0.29) is 6.42 Å². The molecule has 0 saturated heterocycles. The Morgan fingerprint density at radius 3 is 2.74 bits per heavy atom. The average molecular weight is 386 g/mol. The summed E-state index contributed by atoms with van der Waals surface area (Å²) in [5.74, 6) is 0.0945. The van der Waals surface area contributed by atoms with Gasteiger partial charge in [0.05, 0.1) is 17.1 Å². The molecule has 0 aromatic heterocycles. The number of aliphatic imine (C=N–C) groups is 2. The number of benzene rings is 1. The molecule has 1 heterocycles. The topological polar surface area (TPSA) is 65.3 Å². The molecule has 1 aromatic carbocycles. The molecule has 1 aromatic rings. The number of allylic oxidation sites excluding steroid dienone is 4. The highest BCUT2D eigenvalue weighted by Gasteiger charge is 2.35. The second kappa shape index (κ2) is 7.72. The van der Waals surface area contributed by atoms with Crippen LogP contribution in [0.5, 0.6) is 0 Å². The first-order valence-corrected chi connectivity index (χ1v) is 11.4. The molecule has 0 bridgehead atoms. The number of hydrogen-bond donors (Lipinski definition) is 1. The van der Waals surface area contributed by atoms with E-state index in [9.17, 15) is 4.79 Å². The molecule has 0 fully saturated rings. The van der Waals surface area contributed by atoms with Crippen molar-refractivity contribution in [3.8, 4) is 0 Å². The zero-order valence-electron chi connectivity index (χ0n) is 16.4. The summed E-state index contributed by atoms with van der Waals surface area (Å²) in [4.78, 5) is 25.1. The molecule has 1 atom stereocenters. The van der Waals surface area contributed by atoms with Gasteiger partial charge in [0.2, 0.25) is 0 Å². The Morgan fingerprint density at radius 1 is 1.30 bits per heavy atom. The lowest BCUT2D eigenvalue weighted by Crippen LogP contribution is -2.21. The Hall–Kier alpha value is -2.34. The molecule has 27 heavy (non-hydrogen) atoms. The summed E-state index contributed by atoms with van der Waals surface area (Å²) in [6.07, 6.45) is 9.36. The van der Waals surface area contributed by atoms with Crippen LogP contribution in [0.3, 0.4) is 0 Å². The number of hydrogen-bond acceptors (Lipinski definition) is 4. The fourth-order valence-corrected chi connectivity index (χ4v) is 6.76. The summed E-state index contributed by atoms with van der Waals surface area (Å²) in [5, 5.41) is 9.12. The molecule has 6 heteroatoms. The van der Waals surface area contributed by atoms with E-state index in [2.05, 4.69) is 46.5 Å². The van der Waals surface area contributed by atoms with Gasteiger partial charge in [0.15, 0.2) is 0 Å². The fourth-order valence-electron chi connectivity index (χ4n) is 3.45. The third-order valence-corrected chi connectivity index (χ3v) is 8.60. The van der Waals surface area contributed by atoms with Crippen LogP contribution in [0.15, 0.2) is 56.2 Å². The Bertz CT molecular complexity index is 883. The van der Waals surface area contributed by atoms with E-state index in [4.69, 9.17) is 10.1 Å². The van der Waals surface area contributed by atoms with Gasteiger partial charge in [0, 0.05) is 42.5 Å². The molecule has 1 aliphatic heterocycles. The van der Waals surface area contributed by atoms with Gasteiger partial charge < -0.3 is 10.0 Å². The maximum absolute atomic E-state index is 11.1. The molecule has 0 radical (unpaired) electrons. The largest absolute Gasteiger partial charge is 0.481 e. The molecule has 5 nitrogen and oxygen atoms in total. The van der Waals surface area contributed by atoms with Crippen molar-refractivity contribution < 1.29 is 9.90 Å². The smallest absolute Gasteiger partial charge is 0.303 e. The maximum atomic E-state index is 11.1. The highest BCUT2D eigenvalue weighted by atomic mass is 32.3. The third kappa shape index (κ3) is 3.86. The first kappa shape index (κ1) is 19.4. The molecule has 1 unspecified atom stereocenters. The van der Waals surface area contributed by atoms with Gasteiger partial charge in [-0.25, -0.2) is 4.99 Å². The van der Waals surface area contributed by atoms with E-state index < -0.39 is 16.0 Å². The van der Waals surface area contributed by atoms with E-state index in [1.54, 1.807) is 0 Å². The van der Waals surface area contributed by atoms with E-state index in [0.29, 0.717) is 6.42 Å². The number of anilines is 1. The predicted molar refractivity (Wildman–Crippen MR) is 117 cm³/mol. The van der Waals surface area contributed by atoms with Crippen LogP contribution in [-0.4, -0.2) is 55.1 Å². The van der Waals surface area contributed by atoms with Crippen molar-refractivity contribution in [1.82, 2.24) is 0 Å². The summed E-state index contributed by atoms with van der Waals surface area (Å²) in [6, 6.07) is 6.40. The molecule has 3 rings (SSSR count). The van der Waals surface area contributed by atoms with Gasteiger partial charge in [-0.2, -0.15) is 10.0 Å². The summed E-state index contributed by atoms with van der Waals surface area (Å²) in [7, 11) is 2.67. The normalized spacial score (nSPS) is 24.4. The van der Waals surface area contributed by atoms with Crippen LogP contribution in [0.2, 0.25) is 0 Å². The van der Waals surface area contributed by atoms with Crippen molar-refractivity contribution in [2.24, 2.45) is 9.98 Å². The highest BCUT2D eigenvalue weighted by molar-refractivity contribution is 8.37. The Labute approximate surface area is 162 Å². The van der Waals surface area contributed by atoms with Crippen LogP contribution in [-0.2, 0) is 4.79 Å². The Kier molecular flexibility index (Phi) is 5.56. The molecule has 0 saturated carbocycles. The molecule has 0 spiro atoms. The van der Waals surface area contributed by atoms with Crippen LogP contribution < -0.4 is 4.90 Å². The second-order valence-corrected chi connectivity index (χ2v) is 10.5. The first-order valence-electron chi connectivity index (χ1n) is 9.17. The minimum Gasteiger partial charge on any atom is -0.481 e. The molecule has 144 valence electrons. The lowest BCUT2D eigenvalue weighted by atomic mass is 10.1. The van der Waals surface area contributed by atoms with Gasteiger partial charge in [-0.1, -0.05) is 0 Å². The minimum atomic E-state index is -1.40. The van der Waals surface area contributed by atoms with Crippen LogP contribution in [0.1, 0.15) is 19.8 Å². The standard InChI is InChI=1S/C21H27N3O2S/c1-5-22-15-8-10-17-19(13-15)27(4,12-6-7-21(25)26)20-14-16(24(2)3)9-11-18(20)23-17/h8-11,13-14H,5-7,12H2,1-4H3,(H,25,26)/b22-15+. The molecule has 2 aliphatic rings. The van der Waals surface area contributed by atoms with Gasteiger partial charge in [0.25, 0.3) is 0 Å². The Balaban J connectivity index is 2.13. The second-order valence-electron chi connectivity index (χ2n) is 7.07. The SMILES string of the molecule is CC/N=C1\C=CC2=Nc3ccc(N(C)C)cc3S(C)(CCCC(=O)O)C2=C1. The summed E-state index contributed by atoms with van der Waals surface area (Å²) < 4.78 is 0. The number of rotatable bonds is 6. The summed E-state index contributed by atoms with van der Waals surface area (Å²) >= 11 is 0. The quantitative estimate of drug-likeness (QED) is 0.738. The number of carbonyl (C=O) groups is 1. The van der Waals surface area contributed by atoms with E-state index in [1.165, 1.54) is 9.80 Å². The van der Waals surface area contributed by atoms with Gasteiger partial charge in [-0.15, -0.1) is 0 Å². The molecule has 0 amide bonds. The minimum absolute atomic E-state index is 0.191. The van der Waals surface area contributed by atoms with Gasteiger partial charge in [0.1, 0.15) is 0 Å². The van der Waals surface area contributed by atoms with Crippen molar-refractivity contribution in [3.63, 3.8) is 0 Å². The fraction of sp³-hybridized carbons (Fsp3) is 0.381. The zero-order valence-corrected chi connectivity index (χ0v) is 17.2. The number of nitrogens with zero attached hydrogens (tertiary/aromatic N) is 3. The van der Waals surface area contributed by atoms with Crippen molar-refractivity contribution in [2.75, 3.05) is 37.5 Å². The molecule has 1 N–H and O–H groups in total. The van der Waals surface area contributed by atoms with Crippen LogP contribution >= 0.6 is 10.0 Å².